The van der Waals surface area contributed by atoms with E-state index in [9.17, 15) is 9.18 Å². The van der Waals surface area contributed by atoms with Gasteiger partial charge in [-0.05, 0) is 55.5 Å². The molecule has 1 saturated heterocycles. The van der Waals surface area contributed by atoms with Gasteiger partial charge in [0.2, 0.25) is 0 Å². The van der Waals surface area contributed by atoms with Crippen molar-refractivity contribution in [3.05, 3.63) is 107 Å². The van der Waals surface area contributed by atoms with E-state index < -0.39 is 0 Å². The molecule has 0 unspecified atom stereocenters. The number of aromatic nitrogens is 2. The molecule has 1 aliphatic heterocycles. The zero-order chi connectivity index (χ0) is 25.1. The molecule has 0 N–H and O–H groups in total. The molecule has 1 aromatic heterocycles. The maximum Gasteiger partial charge on any atom is 0.266 e. The Morgan fingerprint density at radius 1 is 1.03 bits per heavy atom. The molecule has 0 spiro atoms. The standard InChI is InChI=1S/C28H22FN3O2S2/c1-2-31-27(33)25(36-28(31)35)16-21-17-32(22-9-4-3-5-10-22)30-26(21)19-12-14-23(15-13-19)34-18-20-8-6-7-11-24(20)29/h3-17H,2,18H2,1H3/b25-16-. The predicted octanol–water partition coefficient (Wildman–Crippen LogP) is 6.48. The fourth-order valence-corrected chi connectivity index (χ4v) is 5.20. The van der Waals surface area contributed by atoms with Crippen LogP contribution in [0.2, 0.25) is 0 Å². The molecule has 0 atom stereocenters. The highest BCUT2D eigenvalue weighted by molar-refractivity contribution is 8.26. The summed E-state index contributed by atoms with van der Waals surface area (Å²) in [5.41, 5.74) is 3.79. The van der Waals surface area contributed by atoms with Gasteiger partial charge in [-0.1, -0.05) is 60.4 Å². The number of halogens is 1. The number of thioether (sulfide) groups is 1. The molecule has 5 nitrogen and oxygen atoms in total. The third kappa shape index (κ3) is 4.96. The van der Waals surface area contributed by atoms with Gasteiger partial charge in [-0.3, -0.25) is 9.69 Å². The van der Waals surface area contributed by atoms with Gasteiger partial charge < -0.3 is 4.74 Å². The predicted molar refractivity (Wildman–Crippen MR) is 145 cm³/mol. The van der Waals surface area contributed by atoms with Crippen molar-refractivity contribution in [2.24, 2.45) is 0 Å². The van der Waals surface area contributed by atoms with Crippen molar-refractivity contribution in [2.45, 2.75) is 13.5 Å². The number of benzene rings is 3. The van der Waals surface area contributed by atoms with E-state index in [1.807, 2.05) is 73.8 Å². The minimum absolute atomic E-state index is 0.0946. The fourth-order valence-electron chi connectivity index (χ4n) is 3.83. The fraction of sp³-hybridized carbons (Fsp3) is 0.107. The van der Waals surface area contributed by atoms with Crippen LogP contribution >= 0.6 is 24.0 Å². The smallest absolute Gasteiger partial charge is 0.266 e. The third-order valence-corrected chi connectivity index (χ3v) is 7.10. The van der Waals surface area contributed by atoms with Crippen LogP contribution in [0, 0.1) is 5.82 Å². The second-order valence-corrected chi connectivity index (χ2v) is 9.72. The number of carbonyl (C=O) groups excluding carboxylic acids is 1. The molecule has 1 aliphatic rings. The molecule has 0 saturated carbocycles. The van der Waals surface area contributed by atoms with Crippen LogP contribution in [0.1, 0.15) is 18.1 Å². The summed E-state index contributed by atoms with van der Waals surface area (Å²) in [5.74, 6) is 0.233. The van der Waals surface area contributed by atoms with Crippen LogP contribution < -0.4 is 4.74 Å². The molecule has 1 amide bonds. The number of hydrogen-bond acceptors (Lipinski definition) is 5. The monoisotopic (exact) mass is 515 g/mol. The molecule has 180 valence electrons. The zero-order valence-electron chi connectivity index (χ0n) is 19.4. The minimum atomic E-state index is -0.293. The van der Waals surface area contributed by atoms with Gasteiger partial charge >= 0.3 is 0 Å². The Labute approximate surface area is 218 Å². The van der Waals surface area contributed by atoms with E-state index in [-0.39, 0.29) is 18.3 Å². The van der Waals surface area contributed by atoms with Gasteiger partial charge in [0.1, 0.15) is 22.5 Å². The molecule has 4 aromatic rings. The van der Waals surface area contributed by atoms with E-state index in [2.05, 4.69) is 0 Å². The molecule has 8 heteroatoms. The van der Waals surface area contributed by atoms with Crippen molar-refractivity contribution < 1.29 is 13.9 Å². The number of ether oxygens (including phenoxy) is 1. The highest BCUT2D eigenvalue weighted by Gasteiger charge is 2.31. The molecule has 3 aromatic carbocycles. The summed E-state index contributed by atoms with van der Waals surface area (Å²) in [6, 6.07) is 23.8. The zero-order valence-corrected chi connectivity index (χ0v) is 21.1. The van der Waals surface area contributed by atoms with E-state index in [1.54, 1.807) is 27.8 Å². The first-order valence-corrected chi connectivity index (χ1v) is 12.6. The van der Waals surface area contributed by atoms with Crippen LogP contribution in [0.25, 0.3) is 23.0 Å². The van der Waals surface area contributed by atoms with Crippen molar-refractivity contribution in [3.8, 4) is 22.7 Å². The number of rotatable bonds is 7. The molecule has 0 aliphatic carbocycles. The summed E-state index contributed by atoms with van der Waals surface area (Å²) in [4.78, 5) is 15.0. The molecular weight excluding hydrogens is 493 g/mol. The van der Waals surface area contributed by atoms with Gasteiger partial charge in [-0.25, -0.2) is 9.07 Å². The summed E-state index contributed by atoms with van der Waals surface area (Å²) in [5, 5.41) is 4.83. The van der Waals surface area contributed by atoms with Crippen LogP contribution in [0.4, 0.5) is 4.39 Å². The van der Waals surface area contributed by atoms with Gasteiger partial charge in [0, 0.05) is 29.4 Å². The van der Waals surface area contributed by atoms with Gasteiger partial charge in [-0.2, -0.15) is 5.10 Å². The van der Waals surface area contributed by atoms with E-state index >= 15 is 0 Å². The van der Waals surface area contributed by atoms with Crippen molar-refractivity contribution in [3.63, 3.8) is 0 Å². The minimum Gasteiger partial charge on any atom is -0.489 e. The molecule has 36 heavy (non-hydrogen) atoms. The van der Waals surface area contributed by atoms with Gasteiger partial charge in [0.15, 0.2) is 0 Å². The van der Waals surface area contributed by atoms with Gasteiger partial charge in [0.05, 0.1) is 16.3 Å². The van der Waals surface area contributed by atoms with Crippen LogP contribution in [-0.2, 0) is 11.4 Å². The summed E-state index contributed by atoms with van der Waals surface area (Å²) in [7, 11) is 0. The third-order valence-electron chi connectivity index (χ3n) is 5.72. The van der Waals surface area contributed by atoms with Crippen LogP contribution in [-0.4, -0.2) is 31.5 Å². The highest BCUT2D eigenvalue weighted by atomic mass is 32.2. The van der Waals surface area contributed by atoms with E-state index in [1.165, 1.54) is 17.8 Å². The molecule has 5 rings (SSSR count). The molecule has 2 heterocycles. The van der Waals surface area contributed by atoms with Crippen molar-refractivity contribution >= 4 is 40.3 Å². The summed E-state index contributed by atoms with van der Waals surface area (Å²) >= 11 is 6.67. The van der Waals surface area contributed by atoms with Crippen molar-refractivity contribution in [2.75, 3.05) is 6.54 Å². The second kappa shape index (κ2) is 10.5. The van der Waals surface area contributed by atoms with E-state index in [4.69, 9.17) is 22.1 Å². The lowest BCUT2D eigenvalue weighted by Gasteiger charge is -2.09. The number of thiocarbonyl (C=S) groups is 1. The van der Waals surface area contributed by atoms with Gasteiger partial charge in [0.25, 0.3) is 5.91 Å². The first kappa shape index (κ1) is 24.0. The Hall–Kier alpha value is -3.75. The maximum atomic E-state index is 13.9. The highest BCUT2D eigenvalue weighted by Crippen LogP contribution is 2.35. The maximum absolute atomic E-state index is 13.9. The quantitative estimate of drug-likeness (QED) is 0.208. The summed E-state index contributed by atoms with van der Waals surface area (Å²) in [6.07, 6.45) is 3.76. The molecular formula is C28H22FN3O2S2. The Balaban J connectivity index is 1.46. The first-order valence-electron chi connectivity index (χ1n) is 11.4. The molecule has 0 bridgehead atoms. The molecule has 0 radical (unpaired) electrons. The second-order valence-electron chi connectivity index (χ2n) is 8.04. The lowest BCUT2D eigenvalue weighted by molar-refractivity contribution is -0.121. The van der Waals surface area contributed by atoms with Crippen molar-refractivity contribution in [1.82, 2.24) is 14.7 Å². The normalized spacial score (nSPS) is 14.6. The number of para-hydroxylation sites is 1. The lowest BCUT2D eigenvalue weighted by Crippen LogP contribution is -2.27. The molecule has 1 fully saturated rings. The van der Waals surface area contributed by atoms with E-state index in [0.29, 0.717) is 27.1 Å². The topological polar surface area (TPSA) is 47.4 Å². The number of nitrogens with zero attached hydrogens (tertiary/aromatic N) is 3. The Morgan fingerprint density at radius 2 is 1.75 bits per heavy atom. The average molecular weight is 516 g/mol. The lowest BCUT2D eigenvalue weighted by atomic mass is 10.1. The van der Waals surface area contributed by atoms with Crippen LogP contribution in [0.5, 0.6) is 5.75 Å². The summed E-state index contributed by atoms with van der Waals surface area (Å²) in [6.45, 7) is 2.58. The SMILES string of the molecule is CCN1C(=O)/C(=C/c2cn(-c3ccccc3)nc2-c2ccc(OCc3ccccc3F)cc2)SC1=S. The Kier molecular flexibility index (Phi) is 6.97. The van der Waals surface area contributed by atoms with Crippen molar-refractivity contribution in [1.29, 1.82) is 0 Å². The summed E-state index contributed by atoms with van der Waals surface area (Å²) < 4.78 is 22.0. The average Bonchev–Trinajstić information content (AvgIpc) is 3.44. The number of hydrogen-bond donors (Lipinski definition) is 0. The number of likely N-dealkylation sites (N-methyl/N-ethyl adjacent to an activating group) is 1. The number of carbonyl (C=O) groups is 1. The number of amides is 1. The van der Waals surface area contributed by atoms with Gasteiger partial charge in [-0.15, -0.1) is 0 Å². The Bertz CT molecular complexity index is 1450. The van der Waals surface area contributed by atoms with Crippen LogP contribution in [0.15, 0.2) is 90.0 Å². The van der Waals surface area contributed by atoms with Crippen LogP contribution in [0.3, 0.4) is 0 Å². The first-order chi connectivity index (χ1) is 17.5. The largest absolute Gasteiger partial charge is 0.489 e. The van der Waals surface area contributed by atoms with E-state index in [0.717, 1.165) is 22.5 Å². The Morgan fingerprint density at radius 3 is 2.44 bits per heavy atom.